The number of amides is 2. The van der Waals surface area contributed by atoms with Crippen LogP contribution in [0.15, 0.2) is 65.8 Å². The van der Waals surface area contributed by atoms with Crippen molar-refractivity contribution in [2.75, 3.05) is 22.1 Å². The van der Waals surface area contributed by atoms with Gasteiger partial charge in [-0.2, -0.15) is 18.3 Å². The molecule has 0 saturated heterocycles. The van der Waals surface area contributed by atoms with Gasteiger partial charge in [0.15, 0.2) is 0 Å². The number of nitrogens with zero attached hydrogens (tertiary/aromatic N) is 4. The molecule has 178 valence electrons. The second kappa shape index (κ2) is 8.95. The molecule has 0 atom stereocenters. The van der Waals surface area contributed by atoms with Crippen LogP contribution in [-0.4, -0.2) is 31.5 Å². The zero-order valence-electron chi connectivity index (χ0n) is 18.0. The van der Waals surface area contributed by atoms with Crippen LogP contribution in [-0.2, 0) is 12.7 Å². The maximum Gasteiger partial charge on any atom is 0.416 e. The van der Waals surface area contributed by atoms with Crippen LogP contribution < -0.4 is 16.4 Å². The number of carbonyl (C=O) groups excluding carboxylic acids is 1. The van der Waals surface area contributed by atoms with Crippen LogP contribution >= 0.6 is 11.8 Å². The van der Waals surface area contributed by atoms with E-state index in [-0.39, 0.29) is 11.6 Å². The second-order valence-electron chi connectivity index (χ2n) is 7.64. The SMILES string of the molecule is Nc1nccc(-c2c(-c3cccc(NC(=O)Nc4ccc(C(F)(F)F)cc4)c3)nn3c2SCC3)n1. The molecule has 0 bridgehead atoms. The first kappa shape index (κ1) is 22.7. The number of halogens is 3. The van der Waals surface area contributed by atoms with Crippen LogP contribution in [0, 0.1) is 0 Å². The van der Waals surface area contributed by atoms with E-state index in [1.807, 2.05) is 10.7 Å². The largest absolute Gasteiger partial charge is 0.416 e. The fourth-order valence-corrected chi connectivity index (χ4v) is 4.78. The number of aromatic nitrogens is 4. The smallest absolute Gasteiger partial charge is 0.368 e. The van der Waals surface area contributed by atoms with Crippen molar-refractivity contribution in [2.45, 2.75) is 17.7 Å². The first-order chi connectivity index (χ1) is 16.8. The summed E-state index contributed by atoms with van der Waals surface area (Å²) in [5.41, 5.74) is 8.68. The Balaban J connectivity index is 1.39. The van der Waals surface area contributed by atoms with Crippen molar-refractivity contribution < 1.29 is 18.0 Å². The van der Waals surface area contributed by atoms with E-state index in [1.54, 1.807) is 42.2 Å². The predicted molar refractivity (Wildman–Crippen MR) is 128 cm³/mol. The van der Waals surface area contributed by atoms with Gasteiger partial charge in [0.05, 0.1) is 23.4 Å². The summed E-state index contributed by atoms with van der Waals surface area (Å²) in [5, 5.41) is 11.0. The molecule has 2 aromatic heterocycles. The molecule has 3 heterocycles. The van der Waals surface area contributed by atoms with Gasteiger partial charge in [-0.05, 0) is 42.5 Å². The second-order valence-corrected chi connectivity index (χ2v) is 8.72. The van der Waals surface area contributed by atoms with Gasteiger partial charge < -0.3 is 16.4 Å². The third kappa shape index (κ3) is 4.78. The topological polar surface area (TPSA) is 111 Å². The lowest BCUT2D eigenvalue weighted by Gasteiger charge is -2.11. The van der Waals surface area contributed by atoms with E-state index < -0.39 is 17.8 Å². The first-order valence-corrected chi connectivity index (χ1v) is 11.4. The van der Waals surface area contributed by atoms with Gasteiger partial charge in [-0.15, -0.1) is 11.8 Å². The van der Waals surface area contributed by atoms with Crippen LogP contribution in [0.25, 0.3) is 22.5 Å². The van der Waals surface area contributed by atoms with E-state index >= 15 is 0 Å². The lowest BCUT2D eigenvalue weighted by atomic mass is 10.1. The van der Waals surface area contributed by atoms with Crippen molar-refractivity contribution in [3.05, 3.63) is 66.4 Å². The van der Waals surface area contributed by atoms with E-state index in [4.69, 9.17) is 10.8 Å². The molecule has 0 fully saturated rings. The summed E-state index contributed by atoms with van der Waals surface area (Å²) in [4.78, 5) is 20.8. The monoisotopic (exact) mass is 497 g/mol. The molecule has 2 amide bonds. The van der Waals surface area contributed by atoms with Crippen molar-refractivity contribution in [1.29, 1.82) is 0 Å². The van der Waals surface area contributed by atoms with E-state index in [0.717, 1.165) is 40.6 Å². The number of rotatable bonds is 4. The van der Waals surface area contributed by atoms with Gasteiger partial charge >= 0.3 is 12.2 Å². The van der Waals surface area contributed by atoms with Gasteiger partial charge in [0, 0.05) is 28.9 Å². The lowest BCUT2D eigenvalue weighted by molar-refractivity contribution is -0.137. The summed E-state index contributed by atoms with van der Waals surface area (Å²) >= 11 is 1.68. The highest BCUT2D eigenvalue weighted by Crippen LogP contribution is 2.42. The third-order valence-electron chi connectivity index (χ3n) is 5.24. The average Bonchev–Trinajstić information content (AvgIpc) is 3.40. The minimum Gasteiger partial charge on any atom is -0.368 e. The maximum atomic E-state index is 12.7. The quantitative estimate of drug-likeness (QED) is 0.350. The number of fused-ring (bicyclic) bond motifs is 1. The number of anilines is 3. The Kier molecular flexibility index (Phi) is 5.81. The third-order valence-corrected chi connectivity index (χ3v) is 6.32. The number of hydrogen-bond acceptors (Lipinski definition) is 6. The number of alkyl halides is 3. The molecule has 12 heteroatoms. The molecular weight excluding hydrogens is 479 g/mol. The van der Waals surface area contributed by atoms with Gasteiger partial charge in [-0.3, -0.25) is 4.68 Å². The maximum absolute atomic E-state index is 12.7. The summed E-state index contributed by atoms with van der Waals surface area (Å²) < 4.78 is 40.1. The summed E-state index contributed by atoms with van der Waals surface area (Å²) in [6.07, 6.45) is -2.85. The Bertz CT molecular complexity index is 1400. The highest BCUT2D eigenvalue weighted by Gasteiger charge is 2.30. The summed E-state index contributed by atoms with van der Waals surface area (Å²) in [6.45, 7) is 0.765. The Hall–Kier alpha value is -4.06. The molecule has 0 aliphatic carbocycles. The van der Waals surface area contributed by atoms with Gasteiger partial charge in [0.1, 0.15) is 10.7 Å². The standard InChI is InChI=1S/C23H18F3N7OS/c24-23(25,26)14-4-6-15(7-5-14)29-22(34)30-16-3-1-2-13(12-16)19-18(17-8-9-28-21(27)31-17)20-33(32-19)10-11-35-20/h1-9,12H,10-11H2,(H2,27,28,31)(H2,29,30,34). The molecule has 1 aliphatic rings. The fraction of sp³-hybridized carbons (Fsp3) is 0.130. The molecule has 8 nitrogen and oxygen atoms in total. The molecule has 0 saturated carbocycles. The number of aryl methyl sites for hydroxylation is 1. The molecule has 35 heavy (non-hydrogen) atoms. The van der Waals surface area contributed by atoms with E-state index in [1.165, 1.54) is 12.1 Å². The predicted octanol–water partition coefficient (Wildman–Crippen LogP) is 5.36. The zero-order valence-corrected chi connectivity index (χ0v) is 18.8. The van der Waals surface area contributed by atoms with E-state index in [0.29, 0.717) is 17.1 Å². The van der Waals surface area contributed by atoms with Crippen LogP contribution in [0.4, 0.5) is 35.3 Å². The molecule has 1 aliphatic heterocycles. The van der Waals surface area contributed by atoms with Gasteiger partial charge in [-0.1, -0.05) is 12.1 Å². The number of nitrogen functional groups attached to an aromatic ring is 1. The number of benzene rings is 2. The fourth-order valence-electron chi connectivity index (χ4n) is 3.70. The highest BCUT2D eigenvalue weighted by atomic mass is 32.2. The number of urea groups is 1. The molecule has 4 aromatic rings. The van der Waals surface area contributed by atoms with Crippen LogP contribution in [0.3, 0.4) is 0 Å². The molecular formula is C23H18F3N7OS. The first-order valence-electron chi connectivity index (χ1n) is 10.5. The van der Waals surface area contributed by atoms with Gasteiger partial charge in [0.25, 0.3) is 0 Å². The number of nitrogens with one attached hydrogen (secondary N) is 2. The molecule has 0 spiro atoms. The van der Waals surface area contributed by atoms with Crippen molar-refractivity contribution >= 4 is 35.1 Å². The van der Waals surface area contributed by atoms with E-state index in [2.05, 4.69) is 20.6 Å². The Morgan fingerprint density at radius 3 is 2.57 bits per heavy atom. The Labute approximate surface area is 201 Å². The minimum atomic E-state index is -4.44. The summed E-state index contributed by atoms with van der Waals surface area (Å²) in [7, 11) is 0. The van der Waals surface area contributed by atoms with Gasteiger partial charge in [-0.25, -0.2) is 14.8 Å². The molecule has 4 N–H and O–H groups in total. The molecule has 0 unspecified atom stereocenters. The normalized spacial score (nSPS) is 12.9. The number of carbonyl (C=O) groups is 1. The van der Waals surface area contributed by atoms with Crippen LogP contribution in [0.2, 0.25) is 0 Å². The number of hydrogen-bond donors (Lipinski definition) is 3. The lowest BCUT2D eigenvalue weighted by Crippen LogP contribution is -2.19. The molecule has 0 radical (unpaired) electrons. The molecule has 2 aromatic carbocycles. The summed E-state index contributed by atoms with van der Waals surface area (Å²) in [6, 6.07) is 12.5. The molecule has 5 rings (SSSR count). The van der Waals surface area contributed by atoms with Crippen molar-refractivity contribution in [3.8, 4) is 22.5 Å². The minimum absolute atomic E-state index is 0.159. The van der Waals surface area contributed by atoms with Crippen LogP contribution in [0.5, 0.6) is 0 Å². The highest BCUT2D eigenvalue weighted by molar-refractivity contribution is 7.99. The average molecular weight is 498 g/mol. The van der Waals surface area contributed by atoms with Gasteiger partial charge in [0.2, 0.25) is 5.95 Å². The van der Waals surface area contributed by atoms with Crippen LogP contribution in [0.1, 0.15) is 5.56 Å². The Morgan fingerprint density at radius 2 is 1.83 bits per heavy atom. The summed E-state index contributed by atoms with van der Waals surface area (Å²) in [5.74, 6) is 1.06. The Morgan fingerprint density at radius 1 is 1.06 bits per heavy atom. The zero-order chi connectivity index (χ0) is 24.6. The van der Waals surface area contributed by atoms with Crippen molar-refractivity contribution in [1.82, 2.24) is 19.7 Å². The van der Waals surface area contributed by atoms with Crippen molar-refractivity contribution in [3.63, 3.8) is 0 Å². The number of nitrogens with two attached hydrogens (primary N) is 1. The van der Waals surface area contributed by atoms with Crippen molar-refractivity contribution in [2.24, 2.45) is 0 Å². The van der Waals surface area contributed by atoms with E-state index in [9.17, 15) is 18.0 Å². The number of thioether (sulfide) groups is 1.